The van der Waals surface area contributed by atoms with Gasteiger partial charge in [0.15, 0.2) is 0 Å². The van der Waals surface area contributed by atoms with Crippen LogP contribution in [0.4, 0.5) is 5.95 Å². The number of anilines is 1. The average Bonchev–Trinajstić information content (AvgIpc) is 2.82. The Labute approximate surface area is 140 Å². The molecule has 0 aromatic carbocycles. The molecule has 1 aromatic heterocycles. The number of likely N-dealkylation sites (tertiary alicyclic amines) is 1. The fraction of sp³-hybridized carbons (Fsp3) is 0.722. The van der Waals surface area contributed by atoms with E-state index >= 15 is 0 Å². The molecule has 0 atom stereocenters. The lowest BCUT2D eigenvalue weighted by atomic mass is 10.2. The number of carbonyl (C=O) groups excluding carboxylic acids is 1. The van der Waals surface area contributed by atoms with Crippen molar-refractivity contribution in [2.75, 3.05) is 31.1 Å². The SMILES string of the molecule is CCCN(CCC)c1nc(C)cc(C(=O)N2CCCCCC2)n1. The molecule has 1 aliphatic heterocycles. The van der Waals surface area contributed by atoms with Gasteiger partial charge in [-0.25, -0.2) is 9.97 Å². The summed E-state index contributed by atoms with van der Waals surface area (Å²) in [6.45, 7) is 9.81. The molecular formula is C18H30N4O. The number of rotatable bonds is 6. The van der Waals surface area contributed by atoms with Gasteiger partial charge >= 0.3 is 0 Å². The molecule has 1 amide bonds. The quantitative estimate of drug-likeness (QED) is 0.806. The number of hydrogen-bond donors (Lipinski definition) is 0. The Morgan fingerprint density at radius 3 is 2.26 bits per heavy atom. The molecule has 5 nitrogen and oxygen atoms in total. The molecule has 128 valence electrons. The molecule has 5 heteroatoms. The second kappa shape index (κ2) is 8.85. The van der Waals surface area contributed by atoms with Crippen LogP contribution in [0.3, 0.4) is 0 Å². The van der Waals surface area contributed by atoms with Crippen molar-refractivity contribution < 1.29 is 4.79 Å². The fourth-order valence-electron chi connectivity index (χ4n) is 3.09. The van der Waals surface area contributed by atoms with Crippen LogP contribution in [-0.4, -0.2) is 47.0 Å². The van der Waals surface area contributed by atoms with Crippen LogP contribution >= 0.6 is 0 Å². The van der Waals surface area contributed by atoms with E-state index in [1.54, 1.807) is 0 Å². The smallest absolute Gasteiger partial charge is 0.272 e. The molecule has 0 spiro atoms. The average molecular weight is 318 g/mol. The molecule has 0 aliphatic carbocycles. The summed E-state index contributed by atoms with van der Waals surface area (Å²) < 4.78 is 0. The first-order valence-electron chi connectivity index (χ1n) is 9.05. The van der Waals surface area contributed by atoms with Gasteiger partial charge in [-0.2, -0.15) is 0 Å². The minimum atomic E-state index is 0.0617. The molecule has 0 N–H and O–H groups in total. The lowest BCUT2D eigenvalue weighted by molar-refractivity contribution is 0.0755. The van der Waals surface area contributed by atoms with E-state index in [-0.39, 0.29) is 5.91 Å². The Balaban J connectivity index is 2.22. The van der Waals surface area contributed by atoms with E-state index in [0.29, 0.717) is 11.6 Å². The predicted octanol–water partition coefficient (Wildman–Crippen LogP) is 3.43. The van der Waals surface area contributed by atoms with E-state index in [9.17, 15) is 4.79 Å². The van der Waals surface area contributed by atoms with Crippen LogP contribution in [0.15, 0.2) is 6.07 Å². The molecular weight excluding hydrogens is 288 g/mol. The van der Waals surface area contributed by atoms with Gasteiger partial charge in [-0.3, -0.25) is 4.79 Å². The summed E-state index contributed by atoms with van der Waals surface area (Å²) in [5.41, 5.74) is 1.41. The first kappa shape index (κ1) is 17.7. The zero-order valence-electron chi connectivity index (χ0n) is 14.8. The summed E-state index contributed by atoms with van der Waals surface area (Å²) in [5.74, 6) is 0.762. The first-order chi connectivity index (χ1) is 11.2. The molecule has 1 saturated heterocycles. The third-order valence-electron chi connectivity index (χ3n) is 4.22. The minimum absolute atomic E-state index is 0.0617. The maximum absolute atomic E-state index is 12.8. The second-order valence-electron chi connectivity index (χ2n) is 6.39. The van der Waals surface area contributed by atoms with Gasteiger partial charge in [0, 0.05) is 31.9 Å². The van der Waals surface area contributed by atoms with Crippen LogP contribution in [0.2, 0.25) is 0 Å². The second-order valence-corrected chi connectivity index (χ2v) is 6.39. The normalized spacial score (nSPS) is 15.3. The highest BCUT2D eigenvalue weighted by Gasteiger charge is 2.20. The van der Waals surface area contributed by atoms with Gasteiger partial charge < -0.3 is 9.80 Å². The summed E-state index contributed by atoms with van der Waals surface area (Å²) in [6, 6.07) is 1.83. The molecule has 23 heavy (non-hydrogen) atoms. The lowest BCUT2D eigenvalue weighted by Gasteiger charge is -2.24. The zero-order chi connectivity index (χ0) is 16.7. The third kappa shape index (κ3) is 4.91. The van der Waals surface area contributed by atoms with E-state index in [1.165, 1.54) is 12.8 Å². The van der Waals surface area contributed by atoms with Crippen molar-refractivity contribution >= 4 is 11.9 Å². The number of aryl methyl sites for hydroxylation is 1. The van der Waals surface area contributed by atoms with Gasteiger partial charge in [0.25, 0.3) is 5.91 Å². The van der Waals surface area contributed by atoms with E-state index in [1.807, 2.05) is 17.9 Å². The summed E-state index contributed by atoms with van der Waals surface area (Å²) in [6.07, 6.45) is 6.73. The molecule has 1 aromatic rings. The van der Waals surface area contributed by atoms with Gasteiger partial charge in [0.2, 0.25) is 5.95 Å². The molecule has 0 radical (unpaired) electrons. The Morgan fingerprint density at radius 1 is 1.09 bits per heavy atom. The largest absolute Gasteiger partial charge is 0.341 e. The van der Waals surface area contributed by atoms with Crippen molar-refractivity contribution in [3.63, 3.8) is 0 Å². The van der Waals surface area contributed by atoms with Crippen molar-refractivity contribution in [1.82, 2.24) is 14.9 Å². The monoisotopic (exact) mass is 318 g/mol. The van der Waals surface area contributed by atoms with Crippen molar-refractivity contribution in [3.05, 3.63) is 17.5 Å². The Morgan fingerprint density at radius 2 is 1.70 bits per heavy atom. The van der Waals surface area contributed by atoms with Crippen molar-refractivity contribution in [1.29, 1.82) is 0 Å². The molecule has 2 rings (SSSR count). The highest BCUT2D eigenvalue weighted by molar-refractivity contribution is 5.92. The van der Waals surface area contributed by atoms with Crippen LogP contribution in [0.25, 0.3) is 0 Å². The molecule has 1 aliphatic rings. The lowest BCUT2D eigenvalue weighted by Crippen LogP contribution is -2.33. The van der Waals surface area contributed by atoms with E-state index < -0.39 is 0 Å². The van der Waals surface area contributed by atoms with Crippen molar-refractivity contribution in [2.45, 2.75) is 59.3 Å². The van der Waals surface area contributed by atoms with Gasteiger partial charge in [0.05, 0.1) is 0 Å². The predicted molar refractivity (Wildman–Crippen MR) is 93.9 cm³/mol. The highest BCUT2D eigenvalue weighted by atomic mass is 16.2. The van der Waals surface area contributed by atoms with E-state index in [2.05, 4.69) is 28.7 Å². The van der Waals surface area contributed by atoms with E-state index in [4.69, 9.17) is 0 Å². The van der Waals surface area contributed by atoms with Gasteiger partial charge in [-0.15, -0.1) is 0 Å². The topological polar surface area (TPSA) is 49.3 Å². The number of carbonyl (C=O) groups is 1. The maximum atomic E-state index is 12.8. The molecule has 1 fully saturated rings. The molecule has 2 heterocycles. The number of amides is 1. The summed E-state index contributed by atoms with van der Waals surface area (Å²) in [7, 11) is 0. The Bertz CT molecular complexity index is 504. The van der Waals surface area contributed by atoms with Gasteiger partial charge in [-0.05, 0) is 38.7 Å². The van der Waals surface area contributed by atoms with Crippen LogP contribution in [-0.2, 0) is 0 Å². The molecule has 0 bridgehead atoms. The highest BCUT2D eigenvalue weighted by Crippen LogP contribution is 2.16. The fourth-order valence-corrected chi connectivity index (χ4v) is 3.09. The van der Waals surface area contributed by atoms with Crippen LogP contribution in [0.5, 0.6) is 0 Å². The van der Waals surface area contributed by atoms with E-state index in [0.717, 1.165) is 57.6 Å². The molecule has 0 unspecified atom stereocenters. The maximum Gasteiger partial charge on any atom is 0.272 e. The summed E-state index contributed by atoms with van der Waals surface area (Å²) in [4.78, 5) is 26.1. The minimum Gasteiger partial charge on any atom is -0.341 e. The standard InChI is InChI=1S/C18H30N4O/c1-4-10-22(11-5-2)18-19-15(3)14-16(20-18)17(23)21-12-8-6-7-9-13-21/h14H,4-13H2,1-3H3. The number of nitrogens with zero attached hydrogens (tertiary/aromatic N) is 4. The molecule has 0 saturated carbocycles. The van der Waals surface area contributed by atoms with Gasteiger partial charge in [0.1, 0.15) is 5.69 Å². The van der Waals surface area contributed by atoms with Crippen molar-refractivity contribution in [2.24, 2.45) is 0 Å². The number of aromatic nitrogens is 2. The zero-order valence-corrected chi connectivity index (χ0v) is 14.8. The first-order valence-corrected chi connectivity index (χ1v) is 9.05. The van der Waals surface area contributed by atoms with Crippen LogP contribution in [0, 0.1) is 6.92 Å². The summed E-state index contributed by atoms with van der Waals surface area (Å²) >= 11 is 0. The van der Waals surface area contributed by atoms with Gasteiger partial charge in [-0.1, -0.05) is 26.7 Å². The van der Waals surface area contributed by atoms with Crippen LogP contribution < -0.4 is 4.90 Å². The van der Waals surface area contributed by atoms with Crippen LogP contribution in [0.1, 0.15) is 68.6 Å². The third-order valence-corrected chi connectivity index (χ3v) is 4.22. The van der Waals surface area contributed by atoms with Crippen molar-refractivity contribution in [3.8, 4) is 0 Å². The Kier molecular flexibility index (Phi) is 6.81. The summed E-state index contributed by atoms with van der Waals surface area (Å²) in [5, 5.41) is 0. The number of hydrogen-bond acceptors (Lipinski definition) is 4. The Hall–Kier alpha value is -1.65.